The Balaban J connectivity index is 1.56. The Kier molecular flexibility index (Phi) is 8.17. The molecule has 0 radical (unpaired) electrons. The highest BCUT2D eigenvalue weighted by molar-refractivity contribution is 6.30. The van der Waals surface area contributed by atoms with Crippen molar-refractivity contribution in [2.24, 2.45) is 0 Å². The smallest absolute Gasteiger partial charge is 0.254 e. The van der Waals surface area contributed by atoms with Crippen LogP contribution in [0.4, 0.5) is 5.69 Å². The number of halogens is 1. The first-order valence-corrected chi connectivity index (χ1v) is 13.7. The Hall–Kier alpha value is -4.11. The summed E-state index contributed by atoms with van der Waals surface area (Å²) in [5.41, 5.74) is 2.80. The lowest BCUT2D eigenvalue weighted by Crippen LogP contribution is -2.53. The van der Waals surface area contributed by atoms with Gasteiger partial charge in [0.25, 0.3) is 5.91 Å². The molecule has 2 amide bonds. The van der Waals surface area contributed by atoms with Gasteiger partial charge in [-0.25, -0.2) is 0 Å². The molecular formula is C31H34ClN3O6. The first-order chi connectivity index (χ1) is 19.8. The normalized spacial score (nSPS) is 18.6. The number of carbonyl (C=O) groups is 2. The molecule has 216 valence electrons. The van der Waals surface area contributed by atoms with Gasteiger partial charge in [-0.2, -0.15) is 0 Å². The Morgan fingerprint density at radius 3 is 2.07 bits per heavy atom. The Labute approximate surface area is 245 Å². The fraction of sp³-hybridized carbons (Fsp3) is 0.355. The molecule has 0 aromatic heterocycles. The van der Waals surface area contributed by atoms with Gasteiger partial charge in [-0.05, 0) is 53.6 Å². The van der Waals surface area contributed by atoms with E-state index < -0.39 is 12.0 Å². The van der Waals surface area contributed by atoms with Gasteiger partial charge in [0.2, 0.25) is 5.91 Å². The molecule has 10 heteroatoms. The average molecular weight is 580 g/mol. The maximum absolute atomic E-state index is 14.5. The van der Waals surface area contributed by atoms with E-state index in [2.05, 4.69) is 4.90 Å². The van der Waals surface area contributed by atoms with Gasteiger partial charge in [0.15, 0.2) is 23.0 Å². The maximum atomic E-state index is 14.5. The van der Waals surface area contributed by atoms with Crippen LogP contribution in [0.1, 0.15) is 33.4 Å². The van der Waals surface area contributed by atoms with Crippen LogP contribution in [0.3, 0.4) is 0 Å². The molecular weight excluding hydrogens is 546 g/mol. The predicted molar refractivity (Wildman–Crippen MR) is 157 cm³/mol. The van der Waals surface area contributed by atoms with Crippen LogP contribution in [0.5, 0.6) is 23.0 Å². The molecule has 0 saturated carbocycles. The fourth-order valence-electron chi connectivity index (χ4n) is 5.82. The summed E-state index contributed by atoms with van der Waals surface area (Å²) in [5, 5.41) is 0.676. The lowest BCUT2D eigenvalue weighted by atomic mass is 9.78. The summed E-state index contributed by atoms with van der Waals surface area (Å²) in [7, 11) is 7.92. The van der Waals surface area contributed by atoms with Crippen molar-refractivity contribution in [1.82, 2.24) is 9.80 Å². The second-order valence-corrected chi connectivity index (χ2v) is 10.5. The van der Waals surface area contributed by atoms with Crippen molar-refractivity contribution < 1.29 is 28.5 Å². The molecule has 0 N–H and O–H groups in total. The Morgan fingerprint density at radius 2 is 1.44 bits per heavy atom. The molecule has 0 unspecified atom stereocenters. The molecule has 5 rings (SSSR count). The number of benzene rings is 3. The molecule has 1 fully saturated rings. The Morgan fingerprint density at radius 1 is 0.805 bits per heavy atom. The lowest BCUT2D eigenvalue weighted by Gasteiger charge is -2.43. The fourth-order valence-corrected chi connectivity index (χ4v) is 6.01. The number of fused-ring (bicyclic) bond motifs is 1. The summed E-state index contributed by atoms with van der Waals surface area (Å²) in [4.78, 5) is 34.0. The SMILES string of the molecule is COc1ccc([C@H]2[C@H](C(=O)N3CCN(c4cccc(Cl)c4)CC3)c3cc(OC)c(OC)cc3C(=O)N2C)cc1OC. The molecule has 3 aromatic carbocycles. The van der Waals surface area contributed by atoms with Crippen molar-refractivity contribution in [1.29, 1.82) is 0 Å². The summed E-state index contributed by atoms with van der Waals surface area (Å²) in [5.74, 6) is 0.998. The molecule has 2 heterocycles. The van der Waals surface area contributed by atoms with Crippen LogP contribution >= 0.6 is 11.6 Å². The zero-order chi connectivity index (χ0) is 29.3. The molecule has 0 spiro atoms. The standard InChI is InChI=1S/C31H34ClN3O6/c1-33-29(19-9-10-24(38-2)25(15-19)39-3)28(22-17-26(40-4)27(41-5)18-23(22)30(33)36)31(37)35-13-11-34(12-14-35)21-8-6-7-20(32)16-21/h6-10,15-18,28-29H,11-14H2,1-5H3/t28-,29+/m1/s1. The number of likely N-dealkylation sites (N-methyl/N-ethyl adjacent to an activating group) is 1. The third-order valence-corrected chi connectivity index (χ3v) is 8.19. The first kappa shape index (κ1) is 28.4. The summed E-state index contributed by atoms with van der Waals surface area (Å²) in [6.45, 7) is 2.38. The summed E-state index contributed by atoms with van der Waals surface area (Å²) < 4.78 is 22.1. The van der Waals surface area contributed by atoms with Crippen LogP contribution in [-0.4, -0.2) is 83.3 Å². The van der Waals surface area contributed by atoms with Gasteiger partial charge in [0.1, 0.15) is 0 Å². The number of piperazine rings is 1. The molecule has 9 nitrogen and oxygen atoms in total. The van der Waals surface area contributed by atoms with Crippen LogP contribution in [0.25, 0.3) is 0 Å². The van der Waals surface area contributed by atoms with Crippen molar-refractivity contribution >= 4 is 29.1 Å². The third-order valence-electron chi connectivity index (χ3n) is 7.95. The summed E-state index contributed by atoms with van der Waals surface area (Å²) >= 11 is 6.22. The molecule has 41 heavy (non-hydrogen) atoms. The lowest BCUT2D eigenvalue weighted by molar-refractivity contribution is -0.134. The van der Waals surface area contributed by atoms with Crippen molar-refractivity contribution in [3.05, 3.63) is 76.3 Å². The van der Waals surface area contributed by atoms with E-state index in [9.17, 15) is 9.59 Å². The van der Waals surface area contributed by atoms with Crippen molar-refractivity contribution in [3.8, 4) is 23.0 Å². The molecule has 1 saturated heterocycles. The van der Waals surface area contributed by atoms with Crippen molar-refractivity contribution in [3.63, 3.8) is 0 Å². The number of rotatable bonds is 7. The summed E-state index contributed by atoms with van der Waals surface area (Å²) in [6, 6.07) is 16.1. The van der Waals surface area contributed by atoms with Crippen LogP contribution in [-0.2, 0) is 4.79 Å². The average Bonchev–Trinajstić information content (AvgIpc) is 3.01. The van der Waals surface area contributed by atoms with Gasteiger partial charge in [0, 0.05) is 49.5 Å². The first-order valence-electron chi connectivity index (χ1n) is 13.4. The van der Waals surface area contributed by atoms with E-state index in [1.807, 2.05) is 41.3 Å². The van der Waals surface area contributed by atoms with E-state index in [0.29, 0.717) is 65.3 Å². The molecule has 2 atom stereocenters. The van der Waals surface area contributed by atoms with E-state index >= 15 is 0 Å². The molecule has 0 aliphatic carbocycles. The van der Waals surface area contributed by atoms with Crippen LogP contribution < -0.4 is 23.8 Å². The number of ether oxygens (including phenoxy) is 4. The summed E-state index contributed by atoms with van der Waals surface area (Å²) in [6.07, 6.45) is 0. The van der Waals surface area contributed by atoms with Gasteiger partial charge in [-0.1, -0.05) is 23.7 Å². The number of hydrogen-bond acceptors (Lipinski definition) is 7. The molecule has 3 aromatic rings. The highest BCUT2D eigenvalue weighted by Crippen LogP contribution is 2.47. The molecule has 0 bridgehead atoms. The minimum atomic E-state index is -0.691. The van der Waals surface area contributed by atoms with Crippen molar-refractivity contribution in [2.45, 2.75) is 12.0 Å². The molecule has 2 aliphatic heterocycles. The van der Waals surface area contributed by atoms with Crippen LogP contribution in [0.15, 0.2) is 54.6 Å². The number of anilines is 1. The zero-order valence-corrected chi connectivity index (χ0v) is 24.6. The van der Waals surface area contributed by atoms with Crippen LogP contribution in [0.2, 0.25) is 5.02 Å². The van der Waals surface area contributed by atoms with E-state index in [0.717, 1.165) is 11.3 Å². The predicted octanol–water partition coefficient (Wildman–Crippen LogP) is 4.63. The highest BCUT2D eigenvalue weighted by atomic mass is 35.5. The largest absolute Gasteiger partial charge is 0.493 e. The van der Waals surface area contributed by atoms with E-state index in [-0.39, 0.29) is 11.8 Å². The van der Waals surface area contributed by atoms with E-state index in [4.69, 9.17) is 30.5 Å². The van der Waals surface area contributed by atoms with Crippen LogP contribution in [0, 0.1) is 0 Å². The monoisotopic (exact) mass is 579 g/mol. The minimum absolute atomic E-state index is 0.0663. The number of methoxy groups -OCH3 is 4. The van der Waals surface area contributed by atoms with Crippen molar-refractivity contribution in [2.75, 3.05) is 66.6 Å². The number of amides is 2. The van der Waals surface area contributed by atoms with E-state index in [1.54, 1.807) is 51.5 Å². The van der Waals surface area contributed by atoms with Gasteiger partial charge in [0.05, 0.1) is 40.4 Å². The topological polar surface area (TPSA) is 80.8 Å². The van der Waals surface area contributed by atoms with Gasteiger partial charge < -0.3 is 33.6 Å². The van der Waals surface area contributed by atoms with E-state index in [1.165, 1.54) is 7.11 Å². The number of carbonyl (C=O) groups excluding carboxylic acids is 2. The zero-order valence-electron chi connectivity index (χ0n) is 23.8. The van der Waals surface area contributed by atoms with Gasteiger partial charge in [-0.3, -0.25) is 9.59 Å². The minimum Gasteiger partial charge on any atom is -0.493 e. The molecule has 2 aliphatic rings. The maximum Gasteiger partial charge on any atom is 0.254 e. The second-order valence-electron chi connectivity index (χ2n) is 10.0. The number of hydrogen-bond donors (Lipinski definition) is 0. The number of nitrogens with zero attached hydrogens (tertiary/aromatic N) is 3. The second kappa shape index (κ2) is 11.8. The quantitative estimate of drug-likeness (QED) is 0.404. The van der Waals surface area contributed by atoms with Gasteiger partial charge in [-0.15, -0.1) is 0 Å². The highest BCUT2D eigenvalue weighted by Gasteiger charge is 2.45. The Bertz CT molecular complexity index is 1460. The van der Waals surface area contributed by atoms with Gasteiger partial charge >= 0.3 is 0 Å². The third kappa shape index (κ3) is 5.22.